The largest absolute Gasteiger partial charge is 0.477 e. The van der Waals surface area contributed by atoms with Gasteiger partial charge in [-0.05, 0) is 24.6 Å². The van der Waals surface area contributed by atoms with E-state index in [9.17, 15) is 13.6 Å². The molecule has 0 fully saturated rings. The summed E-state index contributed by atoms with van der Waals surface area (Å²) in [5.41, 5.74) is 0.668. The first kappa shape index (κ1) is 13.1. The van der Waals surface area contributed by atoms with Gasteiger partial charge in [0.15, 0.2) is 5.69 Å². The molecule has 2 rings (SSSR count). The molecular weight excluding hydrogens is 254 g/mol. The van der Waals surface area contributed by atoms with Gasteiger partial charge in [-0.2, -0.15) is 0 Å². The number of carbonyl (C=O) groups is 1. The van der Waals surface area contributed by atoms with Gasteiger partial charge in [-0.1, -0.05) is 0 Å². The third kappa shape index (κ3) is 3.09. The number of aryl methyl sites for hydroxylation is 1. The zero-order chi connectivity index (χ0) is 14.0. The average Bonchev–Trinajstić information content (AvgIpc) is 2.30. The highest BCUT2D eigenvalue weighted by Crippen LogP contribution is 2.12. The second kappa shape index (κ2) is 5.09. The van der Waals surface area contributed by atoms with Crippen LogP contribution in [0, 0.1) is 18.6 Å². The molecule has 98 valence electrons. The maximum Gasteiger partial charge on any atom is 0.354 e. The Morgan fingerprint density at radius 1 is 1.26 bits per heavy atom. The van der Waals surface area contributed by atoms with E-state index in [2.05, 4.69) is 9.97 Å². The van der Waals surface area contributed by atoms with Crippen LogP contribution in [0.15, 0.2) is 24.4 Å². The van der Waals surface area contributed by atoms with Crippen molar-refractivity contribution in [2.24, 2.45) is 0 Å². The van der Waals surface area contributed by atoms with Crippen LogP contribution < -0.4 is 0 Å². The number of carboxylic acids is 1. The molecule has 4 nitrogen and oxygen atoms in total. The summed E-state index contributed by atoms with van der Waals surface area (Å²) in [4.78, 5) is 18.8. The minimum atomic E-state index is -1.16. The molecule has 19 heavy (non-hydrogen) atoms. The number of hydrogen-bond donors (Lipinski definition) is 1. The Bertz CT molecular complexity index is 624. The second-order valence-corrected chi connectivity index (χ2v) is 4.08. The smallest absolute Gasteiger partial charge is 0.354 e. The molecule has 0 spiro atoms. The van der Waals surface area contributed by atoms with E-state index in [-0.39, 0.29) is 17.9 Å². The van der Waals surface area contributed by atoms with Gasteiger partial charge in [-0.25, -0.2) is 23.5 Å². The van der Waals surface area contributed by atoms with Gasteiger partial charge < -0.3 is 5.11 Å². The van der Waals surface area contributed by atoms with Crippen LogP contribution in [-0.4, -0.2) is 21.0 Å². The van der Waals surface area contributed by atoms with Gasteiger partial charge in [0, 0.05) is 24.2 Å². The van der Waals surface area contributed by atoms with Gasteiger partial charge in [0.25, 0.3) is 0 Å². The molecule has 0 aliphatic heterocycles. The molecule has 0 amide bonds. The molecule has 0 aliphatic carbocycles. The lowest BCUT2D eigenvalue weighted by Gasteiger charge is -2.04. The first-order valence-corrected chi connectivity index (χ1v) is 5.46. The fraction of sp³-hybridized carbons (Fsp3) is 0.154. The molecule has 0 bridgehead atoms. The molecule has 1 aromatic carbocycles. The van der Waals surface area contributed by atoms with E-state index in [4.69, 9.17) is 5.11 Å². The van der Waals surface area contributed by atoms with Gasteiger partial charge in [0.1, 0.15) is 17.5 Å². The minimum absolute atomic E-state index is 0.0647. The Balaban J connectivity index is 2.33. The second-order valence-electron chi connectivity index (χ2n) is 4.08. The van der Waals surface area contributed by atoms with E-state index in [1.165, 1.54) is 6.20 Å². The highest BCUT2D eigenvalue weighted by Gasteiger charge is 2.11. The van der Waals surface area contributed by atoms with Gasteiger partial charge in [-0.3, -0.25) is 0 Å². The zero-order valence-electron chi connectivity index (χ0n) is 10.0. The van der Waals surface area contributed by atoms with Crippen molar-refractivity contribution in [3.8, 4) is 0 Å². The molecule has 0 radical (unpaired) electrons. The fourth-order valence-corrected chi connectivity index (χ4v) is 1.68. The van der Waals surface area contributed by atoms with Crippen molar-refractivity contribution in [2.45, 2.75) is 13.3 Å². The number of rotatable bonds is 3. The Hall–Kier alpha value is -2.37. The van der Waals surface area contributed by atoms with Gasteiger partial charge in [0.2, 0.25) is 0 Å². The summed E-state index contributed by atoms with van der Waals surface area (Å²) in [6.07, 6.45) is 1.44. The third-order valence-corrected chi connectivity index (χ3v) is 2.51. The van der Waals surface area contributed by atoms with Crippen LogP contribution in [0.3, 0.4) is 0 Å². The van der Waals surface area contributed by atoms with E-state index >= 15 is 0 Å². The number of aromatic carboxylic acids is 1. The molecule has 0 unspecified atom stereocenters. The van der Waals surface area contributed by atoms with Crippen LogP contribution in [-0.2, 0) is 6.42 Å². The number of aromatic nitrogens is 2. The molecule has 1 heterocycles. The Morgan fingerprint density at radius 2 is 1.89 bits per heavy atom. The summed E-state index contributed by atoms with van der Waals surface area (Å²) in [5.74, 6) is -2.35. The first-order chi connectivity index (χ1) is 8.95. The molecule has 0 atom stereocenters. The summed E-state index contributed by atoms with van der Waals surface area (Å²) < 4.78 is 26.1. The molecule has 0 aliphatic rings. The van der Waals surface area contributed by atoms with Crippen LogP contribution in [0.1, 0.15) is 27.4 Å². The lowest BCUT2D eigenvalue weighted by molar-refractivity contribution is 0.0689. The lowest BCUT2D eigenvalue weighted by Crippen LogP contribution is -2.08. The van der Waals surface area contributed by atoms with E-state index < -0.39 is 17.6 Å². The number of nitrogens with zero attached hydrogens (tertiary/aromatic N) is 2. The maximum absolute atomic E-state index is 13.0. The van der Waals surface area contributed by atoms with E-state index in [0.717, 1.165) is 18.2 Å². The molecule has 0 saturated carbocycles. The van der Waals surface area contributed by atoms with Crippen LogP contribution in [0.5, 0.6) is 0 Å². The van der Waals surface area contributed by atoms with Crippen LogP contribution >= 0.6 is 0 Å². The van der Waals surface area contributed by atoms with Crippen LogP contribution in [0.2, 0.25) is 0 Å². The van der Waals surface area contributed by atoms with E-state index in [1.807, 2.05) is 0 Å². The predicted octanol–water partition coefficient (Wildman–Crippen LogP) is 2.35. The molecule has 6 heteroatoms. The minimum Gasteiger partial charge on any atom is -0.477 e. The highest BCUT2D eigenvalue weighted by molar-refractivity contribution is 5.86. The van der Waals surface area contributed by atoms with Crippen molar-refractivity contribution in [3.63, 3.8) is 0 Å². The quantitative estimate of drug-likeness (QED) is 0.924. The Labute approximate surface area is 107 Å². The first-order valence-electron chi connectivity index (χ1n) is 5.46. The van der Waals surface area contributed by atoms with E-state index in [1.54, 1.807) is 6.92 Å². The standard InChI is InChI=1S/C13H10F2N2O2/c1-7-6-16-11(17-12(7)13(18)19)4-8-2-9(14)5-10(15)3-8/h2-3,5-6H,4H2,1H3,(H,18,19). The number of benzene rings is 1. The van der Waals surface area contributed by atoms with Crippen molar-refractivity contribution in [3.05, 3.63) is 58.7 Å². The van der Waals surface area contributed by atoms with Crippen LogP contribution in [0.25, 0.3) is 0 Å². The molecular formula is C13H10F2N2O2. The predicted molar refractivity (Wildman–Crippen MR) is 62.9 cm³/mol. The third-order valence-electron chi connectivity index (χ3n) is 2.51. The van der Waals surface area contributed by atoms with Gasteiger partial charge in [0.05, 0.1) is 0 Å². The van der Waals surface area contributed by atoms with Crippen LogP contribution in [0.4, 0.5) is 8.78 Å². The molecule has 1 N–H and O–H groups in total. The Kier molecular flexibility index (Phi) is 3.50. The summed E-state index contributed by atoms with van der Waals surface area (Å²) >= 11 is 0. The summed E-state index contributed by atoms with van der Waals surface area (Å²) in [6.45, 7) is 1.58. The van der Waals surface area contributed by atoms with Crippen molar-refractivity contribution in [2.75, 3.05) is 0 Å². The van der Waals surface area contributed by atoms with Gasteiger partial charge >= 0.3 is 5.97 Å². The number of halogens is 2. The number of carboxylic acid groups (broad SMARTS) is 1. The topological polar surface area (TPSA) is 63.1 Å². The average molecular weight is 264 g/mol. The van der Waals surface area contributed by atoms with Crippen molar-refractivity contribution >= 4 is 5.97 Å². The van der Waals surface area contributed by atoms with Crippen molar-refractivity contribution < 1.29 is 18.7 Å². The van der Waals surface area contributed by atoms with Crippen molar-refractivity contribution in [1.29, 1.82) is 0 Å². The van der Waals surface area contributed by atoms with Crippen molar-refractivity contribution in [1.82, 2.24) is 9.97 Å². The molecule has 2 aromatic rings. The zero-order valence-corrected chi connectivity index (χ0v) is 10.0. The fourth-order valence-electron chi connectivity index (χ4n) is 1.68. The normalized spacial score (nSPS) is 10.5. The lowest BCUT2D eigenvalue weighted by atomic mass is 10.1. The summed E-state index contributed by atoms with van der Waals surface area (Å²) in [6, 6.07) is 3.08. The van der Waals surface area contributed by atoms with E-state index in [0.29, 0.717) is 11.1 Å². The number of hydrogen-bond acceptors (Lipinski definition) is 3. The SMILES string of the molecule is Cc1cnc(Cc2cc(F)cc(F)c2)nc1C(=O)O. The summed E-state index contributed by atoms with van der Waals surface area (Å²) in [7, 11) is 0. The van der Waals surface area contributed by atoms with Gasteiger partial charge in [-0.15, -0.1) is 0 Å². The highest BCUT2D eigenvalue weighted by atomic mass is 19.1. The maximum atomic E-state index is 13.0. The monoisotopic (exact) mass is 264 g/mol. The Morgan fingerprint density at radius 3 is 2.47 bits per heavy atom. The molecule has 1 aromatic heterocycles. The summed E-state index contributed by atoms with van der Waals surface area (Å²) in [5, 5.41) is 8.93. The molecule has 0 saturated heterocycles.